The van der Waals surface area contributed by atoms with Gasteiger partial charge in [0, 0.05) is 12.6 Å². The molecule has 0 saturated carbocycles. The van der Waals surface area contributed by atoms with Gasteiger partial charge in [0.25, 0.3) is 0 Å². The molecule has 0 aliphatic heterocycles. The molecule has 0 aliphatic carbocycles. The molecule has 0 fully saturated rings. The summed E-state index contributed by atoms with van der Waals surface area (Å²) in [6.07, 6.45) is 5.03. The fourth-order valence-corrected chi connectivity index (χ4v) is 2.37. The minimum atomic E-state index is -0.147. The average molecular weight is 268 g/mol. The second-order valence-electron chi connectivity index (χ2n) is 4.70. The van der Waals surface area contributed by atoms with E-state index in [4.69, 9.17) is 4.74 Å². The first-order chi connectivity index (χ1) is 9.78. The second kappa shape index (κ2) is 5.33. The Morgan fingerprint density at radius 1 is 1.35 bits per heavy atom. The van der Waals surface area contributed by atoms with Gasteiger partial charge in [-0.3, -0.25) is 9.78 Å². The van der Waals surface area contributed by atoms with E-state index in [1.165, 1.54) is 0 Å². The van der Waals surface area contributed by atoms with Gasteiger partial charge in [-0.15, -0.1) is 0 Å². The first kappa shape index (κ1) is 12.7. The average Bonchev–Trinajstić information content (AvgIpc) is 2.89. The third-order valence-electron chi connectivity index (χ3n) is 3.31. The summed E-state index contributed by atoms with van der Waals surface area (Å²) in [5.74, 6) is -0.147. The van der Waals surface area contributed by atoms with Gasteiger partial charge in [0.1, 0.15) is 0 Å². The summed E-state index contributed by atoms with van der Waals surface area (Å²) in [6.45, 7) is 2.26. The monoisotopic (exact) mass is 268 g/mol. The van der Waals surface area contributed by atoms with Gasteiger partial charge in [-0.25, -0.2) is 0 Å². The predicted octanol–water partition coefficient (Wildman–Crippen LogP) is 2.98. The van der Waals surface area contributed by atoms with E-state index in [-0.39, 0.29) is 5.97 Å². The molecule has 2 heterocycles. The quantitative estimate of drug-likeness (QED) is 0.683. The Labute approximate surface area is 117 Å². The van der Waals surface area contributed by atoms with Crippen LogP contribution in [0.2, 0.25) is 0 Å². The van der Waals surface area contributed by atoms with Gasteiger partial charge in [-0.2, -0.15) is 0 Å². The first-order valence-corrected chi connectivity index (χ1v) is 6.78. The molecule has 3 aromatic rings. The SMILES string of the molecule is CCOC(=O)CCc1cc2cnc3ccccc3n2c1. The molecule has 3 rings (SSSR count). The van der Waals surface area contributed by atoms with Crippen LogP contribution in [0.4, 0.5) is 0 Å². The minimum Gasteiger partial charge on any atom is -0.466 e. The number of carbonyl (C=O) groups is 1. The highest BCUT2D eigenvalue weighted by atomic mass is 16.5. The van der Waals surface area contributed by atoms with Gasteiger partial charge in [-0.05, 0) is 37.1 Å². The van der Waals surface area contributed by atoms with Crippen molar-refractivity contribution in [2.24, 2.45) is 0 Å². The molecule has 0 spiro atoms. The third-order valence-corrected chi connectivity index (χ3v) is 3.31. The molecule has 20 heavy (non-hydrogen) atoms. The van der Waals surface area contributed by atoms with Gasteiger partial charge >= 0.3 is 5.97 Å². The van der Waals surface area contributed by atoms with Crippen LogP contribution >= 0.6 is 0 Å². The number of aromatic nitrogens is 2. The zero-order chi connectivity index (χ0) is 13.9. The standard InChI is InChI=1S/C16H16N2O2/c1-2-20-16(19)8-7-12-9-13-10-17-14-5-3-4-6-15(14)18(13)11-12/h3-6,9-11H,2,7-8H2,1H3. The van der Waals surface area contributed by atoms with Gasteiger partial charge in [0.15, 0.2) is 0 Å². The molecule has 1 aromatic carbocycles. The Bertz CT molecular complexity index is 761. The molecule has 0 bridgehead atoms. The lowest BCUT2D eigenvalue weighted by atomic mass is 10.2. The molecule has 0 aliphatic rings. The maximum absolute atomic E-state index is 11.4. The lowest BCUT2D eigenvalue weighted by molar-refractivity contribution is -0.143. The number of rotatable bonds is 4. The van der Waals surface area contributed by atoms with Crippen molar-refractivity contribution < 1.29 is 9.53 Å². The van der Waals surface area contributed by atoms with Crippen molar-refractivity contribution in [3.05, 3.63) is 48.3 Å². The number of hydrogen-bond donors (Lipinski definition) is 0. The number of para-hydroxylation sites is 2. The molecular formula is C16H16N2O2. The van der Waals surface area contributed by atoms with Crippen molar-refractivity contribution in [3.63, 3.8) is 0 Å². The molecule has 102 valence electrons. The highest BCUT2D eigenvalue weighted by molar-refractivity contribution is 5.78. The normalized spacial score (nSPS) is 11.1. The maximum Gasteiger partial charge on any atom is 0.306 e. The van der Waals surface area contributed by atoms with Gasteiger partial charge in [0.05, 0.1) is 29.4 Å². The van der Waals surface area contributed by atoms with Crippen LogP contribution in [0.15, 0.2) is 42.7 Å². The molecular weight excluding hydrogens is 252 g/mol. The summed E-state index contributed by atoms with van der Waals surface area (Å²) >= 11 is 0. The zero-order valence-electron chi connectivity index (χ0n) is 11.4. The largest absolute Gasteiger partial charge is 0.466 e. The number of carbonyl (C=O) groups excluding carboxylic acids is 1. The Hall–Kier alpha value is -2.36. The van der Waals surface area contributed by atoms with Crippen molar-refractivity contribution >= 4 is 22.5 Å². The molecule has 2 aromatic heterocycles. The van der Waals surface area contributed by atoms with Gasteiger partial charge in [0.2, 0.25) is 0 Å². The number of nitrogens with zero attached hydrogens (tertiary/aromatic N) is 2. The summed E-state index contributed by atoms with van der Waals surface area (Å²) in [4.78, 5) is 15.8. The van der Waals surface area contributed by atoms with Gasteiger partial charge < -0.3 is 9.14 Å². The van der Waals surface area contributed by atoms with Crippen LogP contribution in [0.3, 0.4) is 0 Å². The fraction of sp³-hybridized carbons (Fsp3) is 0.250. The topological polar surface area (TPSA) is 43.6 Å². The number of benzene rings is 1. The van der Waals surface area contributed by atoms with E-state index in [0.29, 0.717) is 19.4 Å². The lowest BCUT2D eigenvalue weighted by Crippen LogP contribution is -2.04. The van der Waals surface area contributed by atoms with E-state index < -0.39 is 0 Å². The number of aryl methyl sites for hydroxylation is 1. The van der Waals surface area contributed by atoms with E-state index in [1.54, 1.807) is 0 Å². The van der Waals surface area contributed by atoms with Crippen LogP contribution in [-0.2, 0) is 16.0 Å². The highest BCUT2D eigenvalue weighted by Crippen LogP contribution is 2.18. The molecule has 0 saturated heterocycles. The molecule has 0 N–H and O–H groups in total. The van der Waals surface area contributed by atoms with Crippen molar-refractivity contribution in [1.82, 2.24) is 9.38 Å². The van der Waals surface area contributed by atoms with Crippen molar-refractivity contribution in [3.8, 4) is 0 Å². The molecule has 0 radical (unpaired) electrons. The molecule has 0 unspecified atom stereocenters. The Morgan fingerprint density at radius 2 is 2.20 bits per heavy atom. The van der Waals surface area contributed by atoms with Crippen LogP contribution in [0.5, 0.6) is 0 Å². The van der Waals surface area contributed by atoms with Crippen molar-refractivity contribution in [2.45, 2.75) is 19.8 Å². The van der Waals surface area contributed by atoms with Crippen molar-refractivity contribution in [1.29, 1.82) is 0 Å². The number of ether oxygens (including phenoxy) is 1. The number of fused-ring (bicyclic) bond motifs is 3. The smallest absolute Gasteiger partial charge is 0.306 e. The van der Waals surface area contributed by atoms with E-state index in [9.17, 15) is 4.79 Å². The van der Waals surface area contributed by atoms with Crippen LogP contribution in [0.1, 0.15) is 18.9 Å². The van der Waals surface area contributed by atoms with Crippen LogP contribution in [0, 0.1) is 0 Å². The maximum atomic E-state index is 11.4. The van der Waals surface area contributed by atoms with Crippen LogP contribution in [-0.4, -0.2) is 22.0 Å². The van der Waals surface area contributed by atoms with E-state index in [2.05, 4.69) is 21.6 Å². The second-order valence-corrected chi connectivity index (χ2v) is 4.70. The summed E-state index contributed by atoms with van der Waals surface area (Å²) in [7, 11) is 0. The summed E-state index contributed by atoms with van der Waals surface area (Å²) in [5.41, 5.74) is 4.21. The molecule has 0 amide bonds. The molecule has 0 atom stereocenters. The molecule has 4 nitrogen and oxygen atoms in total. The fourth-order valence-electron chi connectivity index (χ4n) is 2.37. The number of hydrogen-bond acceptors (Lipinski definition) is 3. The summed E-state index contributed by atoms with van der Waals surface area (Å²) in [5, 5.41) is 0. The summed E-state index contributed by atoms with van der Waals surface area (Å²) in [6, 6.07) is 10.1. The third kappa shape index (κ3) is 2.37. The zero-order valence-corrected chi connectivity index (χ0v) is 11.4. The number of esters is 1. The molecule has 4 heteroatoms. The van der Waals surface area contributed by atoms with E-state index in [1.807, 2.05) is 37.4 Å². The lowest BCUT2D eigenvalue weighted by Gasteiger charge is -2.00. The minimum absolute atomic E-state index is 0.147. The highest BCUT2D eigenvalue weighted by Gasteiger charge is 2.07. The van der Waals surface area contributed by atoms with Crippen molar-refractivity contribution in [2.75, 3.05) is 6.61 Å². The van der Waals surface area contributed by atoms with E-state index in [0.717, 1.165) is 22.1 Å². The first-order valence-electron chi connectivity index (χ1n) is 6.78. The van der Waals surface area contributed by atoms with E-state index >= 15 is 0 Å². The predicted molar refractivity (Wildman–Crippen MR) is 77.7 cm³/mol. The Balaban J connectivity index is 1.90. The van der Waals surface area contributed by atoms with Gasteiger partial charge in [-0.1, -0.05) is 12.1 Å². The Morgan fingerprint density at radius 3 is 3.05 bits per heavy atom. The van der Waals surface area contributed by atoms with Crippen LogP contribution < -0.4 is 0 Å². The Kier molecular flexibility index (Phi) is 3.37. The van der Waals surface area contributed by atoms with Crippen LogP contribution in [0.25, 0.3) is 16.6 Å². The summed E-state index contributed by atoms with van der Waals surface area (Å²) < 4.78 is 7.06.